The molecule has 0 atom stereocenters. The van der Waals surface area contributed by atoms with Gasteiger partial charge in [0, 0.05) is 24.3 Å². The molecule has 0 fully saturated rings. The van der Waals surface area contributed by atoms with Crippen LogP contribution in [0, 0.1) is 6.92 Å². The van der Waals surface area contributed by atoms with Crippen LogP contribution in [0.15, 0.2) is 17.2 Å². The first kappa shape index (κ1) is 11.9. The van der Waals surface area contributed by atoms with Gasteiger partial charge in [0.05, 0.1) is 6.33 Å². The maximum atomic E-state index is 11.5. The van der Waals surface area contributed by atoms with Crippen molar-refractivity contribution < 1.29 is 0 Å². The largest absolute Gasteiger partial charge is 0.314 e. The molecule has 1 rings (SSSR count). The minimum Gasteiger partial charge on any atom is -0.314 e. The molecule has 0 aliphatic rings. The van der Waals surface area contributed by atoms with Crippen molar-refractivity contribution >= 4 is 0 Å². The fraction of sp³-hybridized carbons (Fsp3) is 0.636. The van der Waals surface area contributed by atoms with Crippen LogP contribution in [-0.2, 0) is 6.54 Å². The second-order valence-corrected chi connectivity index (χ2v) is 4.02. The molecule has 1 N–H and O–H groups in total. The van der Waals surface area contributed by atoms with Crippen LogP contribution in [0.2, 0.25) is 0 Å². The molecule has 4 heteroatoms. The van der Waals surface area contributed by atoms with Crippen molar-refractivity contribution in [1.82, 2.24) is 14.9 Å². The van der Waals surface area contributed by atoms with E-state index in [0.29, 0.717) is 6.04 Å². The lowest BCUT2D eigenvalue weighted by Crippen LogP contribution is -2.26. The Balaban J connectivity index is 2.41. The number of rotatable bonds is 5. The quantitative estimate of drug-likeness (QED) is 0.734. The molecule has 1 aromatic rings. The molecule has 0 saturated carbocycles. The summed E-state index contributed by atoms with van der Waals surface area (Å²) in [7, 11) is 0. The van der Waals surface area contributed by atoms with E-state index in [0.717, 1.165) is 25.2 Å². The summed E-state index contributed by atoms with van der Waals surface area (Å²) in [6.07, 6.45) is 2.57. The van der Waals surface area contributed by atoms with Crippen molar-refractivity contribution in [3.8, 4) is 0 Å². The van der Waals surface area contributed by atoms with Gasteiger partial charge in [-0.1, -0.05) is 13.8 Å². The molecular formula is C11H19N3O. The van der Waals surface area contributed by atoms with Gasteiger partial charge in [-0.3, -0.25) is 9.36 Å². The smallest absolute Gasteiger partial charge is 0.253 e. The molecule has 4 nitrogen and oxygen atoms in total. The molecule has 0 saturated heterocycles. The standard InChI is InChI=1S/C11H19N3O/c1-9(2)12-5-4-6-14-8-13-10(3)7-11(14)15/h7-9,12H,4-6H2,1-3H3. The Labute approximate surface area is 90.3 Å². The van der Waals surface area contributed by atoms with Crippen molar-refractivity contribution in [2.24, 2.45) is 0 Å². The van der Waals surface area contributed by atoms with E-state index in [1.54, 1.807) is 17.0 Å². The molecule has 0 aliphatic carbocycles. The van der Waals surface area contributed by atoms with Gasteiger partial charge >= 0.3 is 0 Å². The first-order valence-electron chi connectivity index (χ1n) is 5.36. The number of aromatic nitrogens is 2. The predicted octanol–water partition coefficient (Wildman–Crippen LogP) is 0.940. The van der Waals surface area contributed by atoms with E-state index >= 15 is 0 Å². The summed E-state index contributed by atoms with van der Waals surface area (Å²) in [4.78, 5) is 15.6. The average molecular weight is 209 g/mol. The van der Waals surface area contributed by atoms with Gasteiger partial charge in [0.1, 0.15) is 0 Å². The molecule has 0 amide bonds. The third kappa shape index (κ3) is 4.25. The van der Waals surface area contributed by atoms with Crippen LogP contribution in [0.5, 0.6) is 0 Å². The van der Waals surface area contributed by atoms with Crippen LogP contribution in [-0.4, -0.2) is 22.1 Å². The third-order valence-corrected chi connectivity index (χ3v) is 2.14. The van der Waals surface area contributed by atoms with Gasteiger partial charge in [-0.2, -0.15) is 0 Å². The highest BCUT2D eigenvalue weighted by Crippen LogP contribution is 1.88. The van der Waals surface area contributed by atoms with Gasteiger partial charge in [0.25, 0.3) is 5.56 Å². The van der Waals surface area contributed by atoms with Crippen LogP contribution in [0.4, 0.5) is 0 Å². The monoisotopic (exact) mass is 209 g/mol. The fourth-order valence-electron chi connectivity index (χ4n) is 1.32. The molecule has 0 bridgehead atoms. The fourth-order valence-corrected chi connectivity index (χ4v) is 1.32. The van der Waals surface area contributed by atoms with Gasteiger partial charge in [-0.15, -0.1) is 0 Å². The number of hydrogen-bond donors (Lipinski definition) is 1. The highest BCUT2D eigenvalue weighted by atomic mass is 16.1. The highest BCUT2D eigenvalue weighted by Gasteiger charge is 1.97. The van der Waals surface area contributed by atoms with Crippen LogP contribution in [0.3, 0.4) is 0 Å². The number of nitrogens with zero attached hydrogens (tertiary/aromatic N) is 2. The molecule has 1 aromatic heterocycles. The number of nitrogens with one attached hydrogen (secondary N) is 1. The van der Waals surface area contributed by atoms with Crippen molar-refractivity contribution in [1.29, 1.82) is 0 Å². The maximum absolute atomic E-state index is 11.5. The second-order valence-electron chi connectivity index (χ2n) is 4.02. The minimum atomic E-state index is 0.0343. The Kier molecular flexibility index (Phi) is 4.49. The molecule has 15 heavy (non-hydrogen) atoms. The third-order valence-electron chi connectivity index (χ3n) is 2.14. The summed E-state index contributed by atoms with van der Waals surface area (Å²) in [5.41, 5.74) is 0.809. The topological polar surface area (TPSA) is 46.9 Å². The lowest BCUT2D eigenvalue weighted by atomic mass is 10.3. The zero-order chi connectivity index (χ0) is 11.3. The Hall–Kier alpha value is -1.16. The summed E-state index contributed by atoms with van der Waals surface area (Å²) in [6, 6.07) is 2.06. The number of hydrogen-bond acceptors (Lipinski definition) is 3. The first-order valence-corrected chi connectivity index (χ1v) is 5.36. The minimum absolute atomic E-state index is 0.0343. The summed E-state index contributed by atoms with van der Waals surface area (Å²) < 4.78 is 1.65. The van der Waals surface area contributed by atoms with Crippen LogP contribution >= 0.6 is 0 Å². The molecule has 0 unspecified atom stereocenters. The average Bonchev–Trinajstić information content (AvgIpc) is 2.14. The van der Waals surface area contributed by atoms with E-state index in [-0.39, 0.29) is 5.56 Å². The molecular weight excluding hydrogens is 190 g/mol. The van der Waals surface area contributed by atoms with Crippen molar-refractivity contribution in [3.05, 3.63) is 28.4 Å². The SMILES string of the molecule is Cc1cc(=O)n(CCCNC(C)C)cn1. The molecule has 0 aromatic carbocycles. The molecule has 0 radical (unpaired) electrons. The van der Waals surface area contributed by atoms with E-state index in [1.165, 1.54) is 0 Å². The summed E-state index contributed by atoms with van der Waals surface area (Å²) in [5, 5.41) is 3.31. The van der Waals surface area contributed by atoms with Crippen molar-refractivity contribution in [2.45, 2.75) is 39.8 Å². The Morgan fingerprint density at radius 2 is 2.27 bits per heavy atom. The van der Waals surface area contributed by atoms with E-state index < -0.39 is 0 Å². The van der Waals surface area contributed by atoms with Crippen molar-refractivity contribution in [3.63, 3.8) is 0 Å². The first-order chi connectivity index (χ1) is 7.09. The van der Waals surface area contributed by atoms with Gasteiger partial charge in [-0.25, -0.2) is 4.98 Å². The summed E-state index contributed by atoms with van der Waals surface area (Å²) in [5.74, 6) is 0. The van der Waals surface area contributed by atoms with Gasteiger partial charge in [0.15, 0.2) is 0 Å². The molecule has 0 spiro atoms. The normalized spacial score (nSPS) is 10.9. The van der Waals surface area contributed by atoms with Gasteiger partial charge in [0.2, 0.25) is 0 Å². The lowest BCUT2D eigenvalue weighted by Gasteiger charge is -2.08. The lowest BCUT2D eigenvalue weighted by molar-refractivity contribution is 0.526. The van der Waals surface area contributed by atoms with Gasteiger partial charge < -0.3 is 5.32 Å². The van der Waals surface area contributed by atoms with Crippen LogP contribution < -0.4 is 10.9 Å². The zero-order valence-electron chi connectivity index (χ0n) is 9.66. The van der Waals surface area contributed by atoms with Crippen LogP contribution in [0.1, 0.15) is 26.0 Å². The van der Waals surface area contributed by atoms with E-state index in [2.05, 4.69) is 24.1 Å². The highest BCUT2D eigenvalue weighted by molar-refractivity contribution is 4.95. The van der Waals surface area contributed by atoms with Crippen LogP contribution in [0.25, 0.3) is 0 Å². The van der Waals surface area contributed by atoms with E-state index in [4.69, 9.17) is 0 Å². The molecule has 84 valence electrons. The Morgan fingerprint density at radius 1 is 1.53 bits per heavy atom. The zero-order valence-corrected chi connectivity index (χ0v) is 9.66. The second kappa shape index (κ2) is 5.66. The summed E-state index contributed by atoms with van der Waals surface area (Å²) >= 11 is 0. The van der Waals surface area contributed by atoms with E-state index in [9.17, 15) is 4.79 Å². The molecule has 0 aliphatic heterocycles. The Bertz CT molecular complexity index is 357. The Morgan fingerprint density at radius 3 is 2.87 bits per heavy atom. The van der Waals surface area contributed by atoms with E-state index in [1.807, 2.05) is 6.92 Å². The molecule has 1 heterocycles. The predicted molar refractivity (Wildman–Crippen MR) is 61.0 cm³/mol. The number of aryl methyl sites for hydroxylation is 2. The summed E-state index contributed by atoms with van der Waals surface area (Å²) in [6.45, 7) is 7.70. The van der Waals surface area contributed by atoms with Crippen molar-refractivity contribution in [2.75, 3.05) is 6.54 Å². The van der Waals surface area contributed by atoms with Gasteiger partial charge in [-0.05, 0) is 19.9 Å². The maximum Gasteiger partial charge on any atom is 0.253 e.